The number of hydrogen-bond acceptors (Lipinski definition) is 4. The van der Waals surface area contributed by atoms with Crippen LogP contribution in [0.25, 0.3) is 0 Å². The largest absolute Gasteiger partial charge is 0.480 e. The number of hydrogen-bond donors (Lipinski definition) is 1. The van der Waals surface area contributed by atoms with Crippen molar-refractivity contribution in [1.29, 1.82) is 0 Å². The first kappa shape index (κ1) is 15.0. The van der Waals surface area contributed by atoms with E-state index in [1.54, 1.807) is 4.90 Å². The minimum atomic E-state index is -0.896. The first-order valence-electron chi connectivity index (χ1n) is 7.31. The second kappa shape index (κ2) is 5.91. The number of nitrogens with zero attached hydrogens (tertiary/aromatic N) is 2. The molecule has 20 heavy (non-hydrogen) atoms. The van der Waals surface area contributed by atoms with Gasteiger partial charge in [-0.1, -0.05) is 13.3 Å². The van der Waals surface area contributed by atoms with Crippen LogP contribution in [0.5, 0.6) is 0 Å². The maximum Gasteiger partial charge on any atom is 0.320 e. The predicted octanol–water partition coefficient (Wildman–Crippen LogP) is 0.852. The van der Waals surface area contributed by atoms with Crippen molar-refractivity contribution in [3.63, 3.8) is 0 Å². The van der Waals surface area contributed by atoms with E-state index >= 15 is 0 Å². The lowest BCUT2D eigenvalue weighted by molar-refractivity contribution is -0.148. The van der Waals surface area contributed by atoms with Crippen molar-refractivity contribution < 1.29 is 19.5 Å². The molecule has 0 bridgehead atoms. The molecule has 0 aromatic rings. The summed E-state index contributed by atoms with van der Waals surface area (Å²) >= 11 is 0. The number of aliphatic carboxylic acids is 1. The van der Waals surface area contributed by atoms with Gasteiger partial charge < -0.3 is 5.11 Å². The van der Waals surface area contributed by atoms with Crippen molar-refractivity contribution >= 4 is 17.8 Å². The van der Waals surface area contributed by atoms with E-state index in [2.05, 4.69) is 0 Å². The SMILES string of the molecule is CCC(C)N1C(=O)CC(N2CCCCC2C(=O)O)C1=O. The molecule has 0 saturated carbocycles. The number of carboxylic acids is 1. The summed E-state index contributed by atoms with van der Waals surface area (Å²) in [6.07, 6.45) is 3.12. The second-order valence-corrected chi connectivity index (χ2v) is 5.67. The summed E-state index contributed by atoms with van der Waals surface area (Å²) < 4.78 is 0. The Morgan fingerprint density at radius 2 is 2.10 bits per heavy atom. The van der Waals surface area contributed by atoms with E-state index in [0.29, 0.717) is 19.4 Å². The quantitative estimate of drug-likeness (QED) is 0.773. The van der Waals surface area contributed by atoms with Crippen LogP contribution in [-0.4, -0.2) is 57.4 Å². The molecule has 2 aliphatic heterocycles. The third-order valence-electron chi connectivity index (χ3n) is 4.42. The molecule has 0 aliphatic carbocycles. The molecule has 2 heterocycles. The fourth-order valence-corrected chi connectivity index (χ4v) is 3.13. The Labute approximate surface area is 118 Å². The molecule has 0 spiro atoms. The number of piperidine rings is 1. The second-order valence-electron chi connectivity index (χ2n) is 5.67. The summed E-state index contributed by atoms with van der Waals surface area (Å²) in [7, 11) is 0. The first-order chi connectivity index (χ1) is 9.47. The topological polar surface area (TPSA) is 77.9 Å². The number of rotatable bonds is 4. The number of imide groups is 1. The van der Waals surface area contributed by atoms with Gasteiger partial charge in [-0.15, -0.1) is 0 Å². The van der Waals surface area contributed by atoms with Crippen molar-refractivity contribution in [3.8, 4) is 0 Å². The third kappa shape index (κ3) is 2.57. The molecule has 2 aliphatic rings. The fourth-order valence-electron chi connectivity index (χ4n) is 3.13. The normalized spacial score (nSPS) is 29.8. The molecule has 0 aromatic heterocycles. The third-order valence-corrected chi connectivity index (χ3v) is 4.42. The van der Waals surface area contributed by atoms with Gasteiger partial charge in [-0.05, 0) is 32.7 Å². The highest BCUT2D eigenvalue weighted by Gasteiger charge is 2.46. The number of carbonyl (C=O) groups excluding carboxylic acids is 2. The number of carbonyl (C=O) groups is 3. The van der Waals surface area contributed by atoms with Gasteiger partial charge in [-0.25, -0.2) is 0 Å². The van der Waals surface area contributed by atoms with Crippen LogP contribution >= 0.6 is 0 Å². The molecule has 2 fully saturated rings. The van der Waals surface area contributed by atoms with Crippen LogP contribution in [-0.2, 0) is 14.4 Å². The minimum Gasteiger partial charge on any atom is -0.480 e. The van der Waals surface area contributed by atoms with Crippen molar-refractivity contribution in [2.24, 2.45) is 0 Å². The van der Waals surface area contributed by atoms with Crippen LogP contribution in [0.15, 0.2) is 0 Å². The van der Waals surface area contributed by atoms with Gasteiger partial charge in [0, 0.05) is 6.04 Å². The Morgan fingerprint density at radius 3 is 2.70 bits per heavy atom. The Bertz CT molecular complexity index is 423. The molecule has 2 rings (SSSR count). The molecule has 0 aromatic carbocycles. The van der Waals surface area contributed by atoms with Gasteiger partial charge in [0.15, 0.2) is 0 Å². The summed E-state index contributed by atoms with van der Waals surface area (Å²) in [4.78, 5) is 38.9. The Morgan fingerprint density at radius 1 is 1.40 bits per heavy atom. The highest BCUT2D eigenvalue weighted by atomic mass is 16.4. The zero-order valence-electron chi connectivity index (χ0n) is 12.0. The Kier molecular flexibility index (Phi) is 4.42. The molecule has 6 nitrogen and oxygen atoms in total. The van der Waals surface area contributed by atoms with E-state index in [1.807, 2.05) is 13.8 Å². The maximum atomic E-state index is 12.5. The Hall–Kier alpha value is -1.43. The molecule has 0 radical (unpaired) electrons. The lowest BCUT2D eigenvalue weighted by Crippen LogP contribution is -2.53. The summed E-state index contributed by atoms with van der Waals surface area (Å²) in [6, 6.07) is -1.34. The smallest absolute Gasteiger partial charge is 0.320 e. The lowest BCUT2D eigenvalue weighted by atomic mass is 9.99. The van der Waals surface area contributed by atoms with Gasteiger partial charge >= 0.3 is 5.97 Å². The van der Waals surface area contributed by atoms with Crippen LogP contribution in [0, 0.1) is 0 Å². The standard InChI is InChI=1S/C14H22N2O4/c1-3-9(2)16-12(17)8-11(13(16)18)15-7-5-4-6-10(15)14(19)20/h9-11H,3-8H2,1-2H3,(H,19,20). The molecule has 1 N–H and O–H groups in total. The summed E-state index contributed by atoms with van der Waals surface area (Å²) in [5.41, 5.74) is 0. The summed E-state index contributed by atoms with van der Waals surface area (Å²) in [6.45, 7) is 4.36. The molecular formula is C14H22N2O4. The number of likely N-dealkylation sites (tertiary alicyclic amines) is 2. The van der Waals surface area contributed by atoms with Gasteiger partial charge in [-0.3, -0.25) is 24.2 Å². The Balaban J connectivity index is 2.18. The fraction of sp³-hybridized carbons (Fsp3) is 0.786. The van der Waals surface area contributed by atoms with Gasteiger partial charge in [0.05, 0.1) is 12.5 Å². The number of carboxylic acid groups (broad SMARTS) is 1. The molecule has 2 amide bonds. The minimum absolute atomic E-state index is 0.118. The van der Waals surface area contributed by atoms with Crippen LogP contribution in [0.4, 0.5) is 0 Å². The van der Waals surface area contributed by atoms with E-state index in [1.165, 1.54) is 4.90 Å². The molecule has 2 saturated heterocycles. The zero-order chi connectivity index (χ0) is 14.9. The van der Waals surface area contributed by atoms with E-state index in [9.17, 15) is 19.5 Å². The highest BCUT2D eigenvalue weighted by Crippen LogP contribution is 2.28. The van der Waals surface area contributed by atoms with Gasteiger partial charge in [0.2, 0.25) is 11.8 Å². The maximum absolute atomic E-state index is 12.5. The van der Waals surface area contributed by atoms with E-state index < -0.39 is 18.1 Å². The van der Waals surface area contributed by atoms with Crippen LogP contribution < -0.4 is 0 Å². The van der Waals surface area contributed by atoms with E-state index in [4.69, 9.17) is 0 Å². The summed E-state index contributed by atoms with van der Waals surface area (Å²) in [5.74, 6) is -1.30. The van der Waals surface area contributed by atoms with Crippen LogP contribution in [0.2, 0.25) is 0 Å². The van der Waals surface area contributed by atoms with Crippen molar-refractivity contribution in [3.05, 3.63) is 0 Å². The monoisotopic (exact) mass is 282 g/mol. The lowest BCUT2D eigenvalue weighted by Gasteiger charge is -2.36. The molecule has 6 heteroatoms. The molecule has 3 atom stereocenters. The average Bonchev–Trinajstić information content (AvgIpc) is 2.73. The average molecular weight is 282 g/mol. The molecule has 3 unspecified atom stereocenters. The van der Waals surface area contributed by atoms with Gasteiger partial charge in [0.25, 0.3) is 0 Å². The van der Waals surface area contributed by atoms with Crippen molar-refractivity contribution in [2.75, 3.05) is 6.54 Å². The van der Waals surface area contributed by atoms with Crippen molar-refractivity contribution in [1.82, 2.24) is 9.80 Å². The summed E-state index contributed by atoms with van der Waals surface area (Å²) in [5, 5.41) is 9.29. The molecular weight excluding hydrogens is 260 g/mol. The predicted molar refractivity (Wildman–Crippen MR) is 72.0 cm³/mol. The highest BCUT2D eigenvalue weighted by molar-refractivity contribution is 6.06. The van der Waals surface area contributed by atoms with Crippen molar-refractivity contribution in [2.45, 2.75) is 64.1 Å². The van der Waals surface area contributed by atoms with E-state index in [0.717, 1.165) is 12.8 Å². The van der Waals surface area contributed by atoms with Crippen LogP contribution in [0.1, 0.15) is 46.0 Å². The zero-order valence-corrected chi connectivity index (χ0v) is 12.0. The number of amides is 2. The first-order valence-corrected chi connectivity index (χ1v) is 7.31. The van der Waals surface area contributed by atoms with Gasteiger partial charge in [0.1, 0.15) is 6.04 Å². The molecule has 112 valence electrons. The van der Waals surface area contributed by atoms with Gasteiger partial charge in [-0.2, -0.15) is 0 Å². The van der Waals surface area contributed by atoms with Crippen LogP contribution in [0.3, 0.4) is 0 Å². The van der Waals surface area contributed by atoms with E-state index in [-0.39, 0.29) is 24.3 Å².